The van der Waals surface area contributed by atoms with Crippen molar-refractivity contribution in [3.63, 3.8) is 0 Å². The van der Waals surface area contributed by atoms with Gasteiger partial charge in [-0.05, 0) is 12.1 Å². The predicted molar refractivity (Wildman–Crippen MR) is 67.0 cm³/mol. The lowest BCUT2D eigenvalue weighted by Gasteiger charge is -2.34. The number of aromatic nitrogens is 1. The quantitative estimate of drug-likeness (QED) is 0.762. The summed E-state index contributed by atoms with van der Waals surface area (Å²) in [7, 11) is 0. The SMILES string of the molecule is O=C(c1ccc[nH]1)N1CCN(CCS)CC1. The third-order valence-corrected chi connectivity index (χ3v) is 3.10. The molecule has 1 saturated heterocycles. The van der Waals surface area contributed by atoms with E-state index in [1.165, 1.54) is 0 Å². The molecule has 0 saturated carbocycles. The number of aromatic amines is 1. The maximum atomic E-state index is 12.0. The summed E-state index contributed by atoms with van der Waals surface area (Å²) in [6, 6.07) is 3.67. The molecule has 1 aromatic heterocycles. The van der Waals surface area contributed by atoms with Gasteiger partial charge in [-0.2, -0.15) is 12.6 Å². The minimum atomic E-state index is 0.107. The van der Waals surface area contributed by atoms with Gasteiger partial charge in [-0.15, -0.1) is 0 Å². The fourth-order valence-electron chi connectivity index (χ4n) is 1.95. The van der Waals surface area contributed by atoms with E-state index in [0.717, 1.165) is 38.5 Å². The molecule has 0 aromatic carbocycles. The highest BCUT2D eigenvalue weighted by molar-refractivity contribution is 7.80. The van der Waals surface area contributed by atoms with Crippen molar-refractivity contribution in [2.75, 3.05) is 38.5 Å². The van der Waals surface area contributed by atoms with E-state index in [4.69, 9.17) is 0 Å². The zero-order valence-corrected chi connectivity index (χ0v) is 10.1. The van der Waals surface area contributed by atoms with Crippen molar-refractivity contribution in [2.45, 2.75) is 0 Å². The number of carbonyl (C=O) groups is 1. The fraction of sp³-hybridized carbons (Fsp3) is 0.545. The molecule has 0 aliphatic carbocycles. The first-order valence-corrected chi connectivity index (χ1v) is 6.20. The molecule has 88 valence electrons. The topological polar surface area (TPSA) is 39.3 Å². The van der Waals surface area contributed by atoms with Crippen LogP contribution in [0.2, 0.25) is 0 Å². The fourth-order valence-corrected chi connectivity index (χ4v) is 2.23. The van der Waals surface area contributed by atoms with Crippen LogP contribution in [0.25, 0.3) is 0 Å². The molecule has 5 heteroatoms. The molecular weight excluding hydrogens is 222 g/mol. The minimum Gasteiger partial charge on any atom is -0.357 e. The standard InChI is InChI=1S/C11H17N3OS/c15-11(10-2-1-3-12-10)14-6-4-13(5-7-14)8-9-16/h1-3,12,16H,4-9H2. The highest BCUT2D eigenvalue weighted by atomic mass is 32.1. The molecule has 4 nitrogen and oxygen atoms in total. The average Bonchev–Trinajstić information content (AvgIpc) is 2.83. The van der Waals surface area contributed by atoms with Crippen molar-refractivity contribution in [2.24, 2.45) is 0 Å². The third-order valence-electron chi connectivity index (χ3n) is 2.90. The Balaban J connectivity index is 1.87. The highest BCUT2D eigenvalue weighted by Crippen LogP contribution is 2.07. The van der Waals surface area contributed by atoms with Crippen molar-refractivity contribution < 1.29 is 4.79 Å². The Kier molecular flexibility index (Phi) is 3.90. The molecule has 2 heterocycles. The molecular formula is C11H17N3OS. The van der Waals surface area contributed by atoms with Gasteiger partial charge in [0.1, 0.15) is 5.69 Å². The van der Waals surface area contributed by atoms with E-state index in [2.05, 4.69) is 22.5 Å². The van der Waals surface area contributed by atoms with Crippen LogP contribution in [-0.4, -0.2) is 59.2 Å². The van der Waals surface area contributed by atoms with Gasteiger partial charge in [-0.1, -0.05) is 0 Å². The number of carbonyl (C=O) groups excluding carboxylic acids is 1. The van der Waals surface area contributed by atoms with Gasteiger partial charge in [0.2, 0.25) is 0 Å². The summed E-state index contributed by atoms with van der Waals surface area (Å²) in [5.74, 6) is 0.987. The Labute approximate surface area is 101 Å². The van der Waals surface area contributed by atoms with Crippen LogP contribution in [0.4, 0.5) is 0 Å². The van der Waals surface area contributed by atoms with Gasteiger partial charge in [-0.25, -0.2) is 0 Å². The summed E-state index contributed by atoms with van der Waals surface area (Å²) >= 11 is 4.22. The zero-order chi connectivity index (χ0) is 11.4. The van der Waals surface area contributed by atoms with E-state index in [1.807, 2.05) is 17.0 Å². The first-order valence-electron chi connectivity index (χ1n) is 5.57. The zero-order valence-electron chi connectivity index (χ0n) is 9.22. The molecule has 1 aliphatic heterocycles. The molecule has 1 fully saturated rings. The number of hydrogen-bond donors (Lipinski definition) is 2. The minimum absolute atomic E-state index is 0.107. The van der Waals surface area contributed by atoms with Gasteiger partial charge in [-0.3, -0.25) is 9.69 Å². The first kappa shape index (κ1) is 11.5. The van der Waals surface area contributed by atoms with E-state index < -0.39 is 0 Å². The Hall–Kier alpha value is -0.940. The molecule has 1 aromatic rings. The van der Waals surface area contributed by atoms with Crippen LogP contribution in [0.15, 0.2) is 18.3 Å². The lowest BCUT2D eigenvalue weighted by molar-refractivity contribution is 0.0639. The average molecular weight is 239 g/mol. The van der Waals surface area contributed by atoms with Gasteiger partial charge in [0.15, 0.2) is 0 Å². The Morgan fingerprint density at radius 2 is 2.12 bits per heavy atom. The molecule has 1 aliphatic rings. The Morgan fingerprint density at radius 1 is 1.38 bits per heavy atom. The van der Waals surface area contributed by atoms with E-state index in [0.29, 0.717) is 5.69 Å². The van der Waals surface area contributed by atoms with Crippen LogP contribution < -0.4 is 0 Å². The lowest BCUT2D eigenvalue weighted by atomic mass is 10.3. The summed E-state index contributed by atoms with van der Waals surface area (Å²) in [5.41, 5.74) is 0.683. The molecule has 1 amide bonds. The van der Waals surface area contributed by atoms with Crippen molar-refractivity contribution in [1.82, 2.24) is 14.8 Å². The van der Waals surface area contributed by atoms with Crippen LogP contribution in [0.1, 0.15) is 10.5 Å². The number of piperazine rings is 1. The predicted octanol–water partition coefficient (Wildman–Crippen LogP) is 0.702. The van der Waals surface area contributed by atoms with Gasteiger partial charge in [0.25, 0.3) is 5.91 Å². The van der Waals surface area contributed by atoms with Crippen LogP contribution >= 0.6 is 12.6 Å². The van der Waals surface area contributed by atoms with Gasteiger partial charge < -0.3 is 9.88 Å². The number of amides is 1. The first-order chi connectivity index (χ1) is 7.81. The third kappa shape index (κ3) is 2.59. The number of nitrogens with zero attached hydrogens (tertiary/aromatic N) is 2. The van der Waals surface area contributed by atoms with Crippen LogP contribution in [0.5, 0.6) is 0 Å². The van der Waals surface area contributed by atoms with Crippen molar-refractivity contribution in [3.8, 4) is 0 Å². The van der Waals surface area contributed by atoms with Crippen LogP contribution in [0, 0.1) is 0 Å². The van der Waals surface area contributed by atoms with Gasteiger partial charge in [0.05, 0.1) is 0 Å². The van der Waals surface area contributed by atoms with Crippen molar-refractivity contribution in [1.29, 1.82) is 0 Å². The van der Waals surface area contributed by atoms with Crippen LogP contribution in [0.3, 0.4) is 0 Å². The highest BCUT2D eigenvalue weighted by Gasteiger charge is 2.21. The molecule has 0 unspecified atom stereocenters. The lowest BCUT2D eigenvalue weighted by Crippen LogP contribution is -2.49. The summed E-state index contributed by atoms with van der Waals surface area (Å²) in [6.07, 6.45) is 1.78. The molecule has 0 bridgehead atoms. The van der Waals surface area contributed by atoms with Crippen LogP contribution in [-0.2, 0) is 0 Å². The molecule has 0 spiro atoms. The molecule has 2 rings (SSSR count). The summed E-state index contributed by atoms with van der Waals surface area (Å²) in [6.45, 7) is 4.53. The van der Waals surface area contributed by atoms with E-state index >= 15 is 0 Å². The number of H-pyrrole nitrogens is 1. The Bertz CT molecular complexity index is 331. The maximum absolute atomic E-state index is 12.0. The molecule has 0 atom stereocenters. The number of nitrogens with one attached hydrogen (secondary N) is 1. The number of rotatable bonds is 3. The maximum Gasteiger partial charge on any atom is 0.270 e. The normalized spacial score (nSPS) is 17.7. The van der Waals surface area contributed by atoms with E-state index in [9.17, 15) is 4.79 Å². The van der Waals surface area contributed by atoms with Crippen molar-refractivity contribution in [3.05, 3.63) is 24.0 Å². The number of thiol groups is 1. The Morgan fingerprint density at radius 3 is 2.69 bits per heavy atom. The molecule has 0 radical (unpaired) electrons. The van der Waals surface area contributed by atoms with Crippen molar-refractivity contribution >= 4 is 18.5 Å². The molecule has 1 N–H and O–H groups in total. The second-order valence-corrected chi connectivity index (χ2v) is 4.39. The van der Waals surface area contributed by atoms with E-state index in [-0.39, 0.29) is 5.91 Å². The second-order valence-electron chi connectivity index (χ2n) is 3.94. The number of hydrogen-bond acceptors (Lipinski definition) is 3. The second kappa shape index (κ2) is 5.41. The molecule has 16 heavy (non-hydrogen) atoms. The van der Waals surface area contributed by atoms with Gasteiger partial charge in [0, 0.05) is 44.7 Å². The smallest absolute Gasteiger partial charge is 0.270 e. The summed E-state index contributed by atoms with van der Waals surface area (Å²) in [4.78, 5) is 19.2. The summed E-state index contributed by atoms with van der Waals surface area (Å²) in [5, 5.41) is 0. The largest absolute Gasteiger partial charge is 0.357 e. The monoisotopic (exact) mass is 239 g/mol. The summed E-state index contributed by atoms with van der Waals surface area (Å²) < 4.78 is 0. The van der Waals surface area contributed by atoms with Gasteiger partial charge >= 0.3 is 0 Å². The van der Waals surface area contributed by atoms with E-state index in [1.54, 1.807) is 6.20 Å².